The van der Waals surface area contributed by atoms with Crippen molar-refractivity contribution in [1.82, 2.24) is 20.4 Å². The molecule has 0 saturated carbocycles. The molecule has 1 aromatic carbocycles. The van der Waals surface area contributed by atoms with Gasteiger partial charge in [-0.25, -0.2) is 4.68 Å². The quantitative estimate of drug-likeness (QED) is 0.600. The van der Waals surface area contributed by atoms with Gasteiger partial charge in [0.2, 0.25) is 0 Å². The lowest BCUT2D eigenvalue weighted by Gasteiger charge is -2.17. The molecular weight excluding hydrogens is 242 g/mol. The molecule has 0 bridgehead atoms. The second-order valence-electron chi connectivity index (χ2n) is 4.21. The summed E-state index contributed by atoms with van der Waals surface area (Å²) in [6.07, 6.45) is 2.46. The van der Waals surface area contributed by atoms with Crippen molar-refractivity contribution in [3.05, 3.63) is 41.7 Å². The maximum absolute atomic E-state index is 5.67. The number of aromatic nitrogens is 3. The Hall–Kier alpha value is -1.92. The highest BCUT2D eigenvalue weighted by Gasteiger charge is 2.17. The molecule has 0 radical (unpaired) electrons. The molecule has 0 fully saturated rings. The molecule has 2 aromatic rings. The molecule has 2 rings (SSSR count). The lowest BCUT2D eigenvalue weighted by molar-refractivity contribution is 0.403. The van der Waals surface area contributed by atoms with Gasteiger partial charge in [-0.3, -0.25) is 11.3 Å². The zero-order valence-electron chi connectivity index (χ0n) is 11.2. The van der Waals surface area contributed by atoms with E-state index in [9.17, 15) is 0 Å². The molecule has 19 heavy (non-hydrogen) atoms. The Bertz CT molecular complexity index is 525. The van der Waals surface area contributed by atoms with E-state index in [1.54, 1.807) is 13.3 Å². The zero-order chi connectivity index (χ0) is 13.7. The Morgan fingerprint density at radius 1 is 1.42 bits per heavy atom. The second kappa shape index (κ2) is 6.31. The van der Waals surface area contributed by atoms with Crippen LogP contribution in [0.1, 0.15) is 24.2 Å². The van der Waals surface area contributed by atoms with E-state index in [1.165, 1.54) is 0 Å². The van der Waals surface area contributed by atoms with Crippen LogP contribution in [0.3, 0.4) is 0 Å². The number of ether oxygens (including phenoxy) is 1. The van der Waals surface area contributed by atoms with Gasteiger partial charge in [0.25, 0.3) is 0 Å². The highest BCUT2D eigenvalue weighted by Crippen LogP contribution is 2.24. The summed E-state index contributed by atoms with van der Waals surface area (Å²) in [6, 6.07) is 7.86. The number of nitrogens with one attached hydrogen (secondary N) is 1. The Labute approximate surface area is 112 Å². The lowest BCUT2D eigenvalue weighted by atomic mass is 10.0. The smallest absolute Gasteiger partial charge is 0.122 e. The van der Waals surface area contributed by atoms with E-state index in [-0.39, 0.29) is 6.04 Å². The fourth-order valence-corrected chi connectivity index (χ4v) is 2.12. The maximum Gasteiger partial charge on any atom is 0.122 e. The van der Waals surface area contributed by atoms with Gasteiger partial charge in [-0.2, -0.15) is 0 Å². The van der Waals surface area contributed by atoms with Crippen LogP contribution in [0.2, 0.25) is 0 Å². The van der Waals surface area contributed by atoms with Gasteiger partial charge in [0.15, 0.2) is 0 Å². The van der Waals surface area contributed by atoms with Gasteiger partial charge in [0.05, 0.1) is 25.0 Å². The van der Waals surface area contributed by atoms with Crippen molar-refractivity contribution in [2.45, 2.75) is 25.9 Å². The van der Waals surface area contributed by atoms with E-state index in [0.717, 1.165) is 23.6 Å². The summed E-state index contributed by atoms with van der Waals surface area (Å²) in [5.74, 6) is 6.53. The molecule has 0 amide bonds. The van der Waals surface area contributed by atoms with Crippen molar-refractivity contribution in [3.63, 3.8) is 0 Å². The van der Waals surface area contributed by atoms with Crippen LogP contribution in [0, 0.1) is 0 Å². The number of hydrogen-bond acceptors (Lipinski definition) is 5. The number of rotatable bonds is 6. The summed E-state index contributed by atoms with van der Waals surface area (Å²) in [7, 11) is 1.67. The first-order valence-electron chi connectivity index (χ1n) is 6.26. The van der Waals surface area contributed by atoms with Crippen molar-refractivity contribution in [2.24, 2.45) is 5.84 Å². The SMILES string of the molecule is CCn1nncc1C(Cc1ccccc1OC)NN. The number of nitrogens with zero attached hydrogens (tertiary/aromatic N) is 3. The largest absolute Gasteiger partial charge is 0.496 e. The fraction of sp³-hybridized carbons (Fsp3) is 0.385. The maximum atomic E-state index is 5.67. The molecule has 0 aliphatic heterocycles. The van der Waals surface area contributed by atoms with Crippen LogP contribution in [-0.2, 0) is 13.0 Å². The van der Waals surface area contributed by atoms with Crippen LogP contribution < -0.4 is 16.0 Å². The molecule has 3 N–H and O–H groups in total. The van der Waals surface area contributed by atoms with Crippen LogP contribution in [0.5, 0.6) is 5.75 Å². The van der Waals surface area contributed by atoms with Gasteiger partial charge in [0.1, 0.15) is 5.75 Å². The molecular formula is C13H19N5O. The predicted molar refractivity (Wildman–Crippen MR) is 72.5 cm³/mol. The topological polar surface area (TPSA) is 78.0 Å². The molecule has 1 unspecified atom stereocenters. The average Bonchev–Trinajstić information content (AvgIpc) is 2.93. The van der Waals surface area contributed by atoms with Gasteiger partial charge < -0.3 is 4.74 Å². The number of aryl methyl sites for hydroxylation is 1. The van der Waals surface area contributed by atoms with Crippen LogP contribution >= 0.6 is 0 Å². The Kier molecular flexibility index (Phi) is 4.48. The highest BCUT2D eigenvalue weighted by atomic mass is 16.5. The number of nitrogens with two attached hydrogens (primary N) is 1. The van der Waals surface area contributed by atoms with Crippen molar-refractivity contribution in [2.75, 3.05) is 7.11 Å². The molecule has 0 saturated heterocycles. The van der Waals surface area contributed by atoms with Crippen molar-refractivity contribution >= 4 is 0 Å². The third-order valence-electron chi connectivity index (χ3n) is 3.12. The number of hydrazine groups is 1. The molecule has 102 valence electrons. The molecule has 0 aliphatic rings. The van der Waals surface area contributed by atoms with Gasteiger partial charge in [-0.05, 0) is 25.0 Å². The predicted octanol–water partition coefficient (Wildman–Crippen LogP) is 1.05. The second-order valence-corrected chi connectivity index (χ2v) is 4.21. The van der Waals surface area contributed by atoms with Crippen molar-refractivity contribution < 1.29 is 4.74 Å². The first-order valence-corrected chi connectivity index (χ1v) is 6.26. The van der Waals surface area contributed by atoms with E-state index in [1.807, 2.05) is 35.9 Å². The van der Waals surface area contributed by atoms with Crippen molar-refractivity contribution in [3.8, 4) is 5.75 Å². The van der Waals surface area contributed by atoms with Crippen molar-refractivity contribution in [1.29, 1.82) is 0 Å². The monoisotopic (exact) mass is 261 g/mol. The number of benzene rings is 1. The van der Waals surface area contributed by atoms with Gasteiger partial charge in [-0.15, -0.1) is 5.10 Å². The summed E-state index contributed by atoms with van der Waals surface area (Å²) in [4.78, 5) is 0. The molecule has 1 aromatic heterocycles. The summed E-state index contributed by atoms with van der Waals surface area (Å²) in [6.45, 7) is 2.79. The number of hydrogen-bond donors (Lipinski definition) is 2. The Balaban J connectivity index is 2.24. The summed E-state index contributed by atoms with van der Waals surface area (Å²) >= 11 is 0. The first-order chi connectivity index (χ1) is 9.30. The van der Waals surface area contributed by atoms with E-state index in [4.69, 9.17) is 10.6 Å². The van der Waals surface area contributed by atoms with E-state index >= 15 is 0 Å². The number of methoxy groups -OCH3 is 1. The molecule has 0 spiro atoms. The molecule has 0 aliphatic carbocycles. The summed E-state index contributed by atoms with van der Waals surface area (Å²) in [5, 5.41) is 7.96. The Morgan fingerprint density at radius 3 is 2.89 bits per heavy atom. The molecule has 6 nitrogen and oxygen atoms in total. The zero-order valence-corrected chi connectivity index (χ0v) is 11.2. The Morgan fingerprint density at radius 2 is 2.21 bits per heavy atom. The van der Waals surface area contributed by atoms with Crippen LogP contribution in [-0.4, -0.2) is 22.1 Å². The third kappa shape index (κ3) is 2.91. The first kappa shape index (κ1) is 13.5. The minimum absolute atomic E-state index is 0.0498. The molecule has 1 heterocycles. The minimum Gasteiger partial charge on any atom is -0.496 e. The van der Waals surface area contributed by atoms with Crippen LogP contribution in [0.4, 0.5) is 0 Å². The molecule has 6 heteroatoms. The standard InChI is InChI=1S/C13H19N5O/c1-3-18-12(9-15-17-18)11(16-14)8-10-6-4-5-7-13(10)19-2/h4-7,9,11,16H,3,8,14H2,1-2H3. The van der Waals surface area contributed by atoms with Gasteiger partial charge in [-0.1, -0.05) is 23.4 Å². The van der Waals surface area contributed by atoms with E-state index in [0.29, 0.717) is 6.42 Å². The van der Waals surface area contributed by atoms with E-state index < -0.39 is 0 Å². The van der Waals surface area contributed by atoms with Crippen LogP contribution in [0.15, 0.2) is 30.5 Å². The molecule has 1 atom stereocenters. The number of para-hydroxylation sites is 1. The lowest BCUT2D eigenvalue weighted by Crippen LogP contribution is -2.31. The minimum atomic E-state index is -0.0498. The highest BCUT2D eigenvalue weighted by molar-refractivity contribution is 5.34. The van der Waals surface area contributed by atoms with Gasteiger partial charge >= 0.3 is 0 Å². The normalized spacial score (nSPS) is 12.4. The van der Waals surface area contributed by atoms with Crippen LogP contribution in [0.25, 0.3) is 0 Å². The van der Waals surface area contributed by atoms with E-state index in [2.05, 4.69) is 15.7 Å². The average molecular weight is 261 g/mol. The summed E-state index contributed by atoms with van der Waals surface area (Å²) in [5.41, 5.74) is 4.89. The van der Waals surface area contributed by atoms with Gasteiger partial charge in [0, 0.05) is 6.54 Å². The summed E-state index contributed by atoms with van der Waals surface area (Å²) < 4.78 is 7.19. The fourth-order valence-electron chi connectivity index (χ4n) is 2.12. The third-order valence-corrected chi connectivity index (χ3v) is 3.12.